The number of anilines is 1. The smallest absolute Gasteiger partial charge is 0.159 e. The van der Waals surface area contributed by atoms with E-state index < -0.39 is 0 Å². The van der Waals surface area contributed by atoms with Gasteiger partial charge in [-0.25, -0.2) is 0 Å². The third-order valence-corrected chi connectivity index (χ3v) is 4.52. The molecule has 0 saturated carbocycles. The van der Waals surface area contributed by atoms with Crippen LogP contribution in [0.4, 0.5) is 5.69 Å². The van der Waals surface area contributed by atoms with E-state index in [1.807, 2.05) is 18.2 Å². The number of nitrogens with two attached hydrogens (primary N) is 1. The lowest BCUT2D eigenvalue weighted by atomic mass is 10.1. The van der Waals surface area contributed by atoms with Crippen LogP contribution in [-0.4, -0.2) is 10.8 Å². The molecule has 0 bridgehead atoms. The van der Waals surface area contributed by atoms with Crippen molar-refractivity contribution < 1.29 is 9.53 Å². The fraction of sp³-hybridized carbons (Fsp3) is 0.200. The van der Waals surface area contributed by atoms with Crippen molar-refractivity contribution in [3.05, 3.63) is 59.3 Å². The van der Waals surface area contributed by atoms with Crippen LogP contribution in [0.2, 0.25) is 0 Å². The van der Waals surface area contributed by atoms with E-state index in [1.54, 1.807) is 31.2 Å². The van der Waals surface area contributed by atoms with Gasteiger partial charge in [0, 0.05) is 22.3 Å². The number of halogens is 1. The van der Waals surface area contributed by atoms with Crippen molar-refractivity contribution >= 4 is 34.8 Å². The molecule has 5 heteroatoms. The molecule has 1 aliphatic rings. The van der Waals surface area contributed by atoms with Gasteiger partial charge in [-0.3, -0.25) is 9.78 Å². The third-order valence-electron chi connectivity index (χ3n) is 4.52. The highest BCUT2D eigenvalue weighted by molar-refractivity contribution is 5.94. The number of hydrogen-bond acceptors (Lipinski definition) is 4. The summed E-state index contributed by atoms with van der Waals surface area (Å²) < 4.78 is 5.90. The molecule has 0 saturated heterocycles. The number of aromatic nitrogens is 1. The summed E-state index contributed by atoms with van der Waals surface area (Å²) in [6.45, 7) is 1.55. The summed E-state index contributed by atoms with van der Waals surface area (Å²) in [5.41, 5.74) is 11.1. The first kappa shape index (κ1) is 17.2. The van der Waals surface area contributed by atoms with Gasteiger partial charge in [0.05, 0.1) is 5.52 Å². The van der Waals surface area contributed by atoms with Crippen LogP contribution in [0.1, 0.15) is 35.0 Å². The minimum atomic E-state index is 0. The Bertz CT molecular complexity index is 952. The number of rotatable bonds is 3. The van der Waals surface area contributed by atoms with Gasteiger partial charge < -0.3 is 10.5 Å². The second-order valence-corrected chi connectivity index (χ2v) is 6.17. The van der Waals surface area contributed by atoms with Gasteiger partial charge in [-0.1, -0.05) is 0 Å². The number of nitrogen functional groups attached to an aromatic ring is 1. The molecule has 3 aromatic rings. The summed E-state index contributed by atoms with van der Waals surface area (Å²) in [6.07, 6.45) is 3.13. The number of pyridine rings is 1. The van der Waals surface area contributed by atoms with Crippen molar-refractivity contribution in [2.24, 2.45) is 0 Å². The third kappa shape index (κ3) is 3.17. The molecule has 2 aromatic carbocycles. The minimum Gasteiger partial charge on any atom is -0.457 e. The van der Waals surface area contributed by atoms with Crippen LogP contribution in [0.5, 0.6) is 11.5 Å². The molecule has 4 nitrogen and oxygen atoms in total. The standard InChI is InChI=1S/C20H18N2O2.ClH/c1-12(23)13-5-7-14(8-6-13)24-15-9-10-19-17(11-15)20(21)16-3-2-4-18(16)22-19;/h5-11H,2-4H2,1H3,(H2,21,22);1H. The molecular weight excluding hydrogens is 336 g/mol. The Morgan fingerprint density at radius 2 is 1.80 bits per heavy atom. The molecule has 2 N–H and O–H groups in total. The molecule has 0 spiro atoms. The molecule has 0 atom stereocenters. The van der Waals surface area contributed by atoms with Crippen LogP contribution in [0, 0.1) is 0 Å². The van der Waals surface area contributed by atoms with Gasteiger partial charge in [-0.2, -0.15) is 0 Å². The quantitative estimate of drug-likeness (QED) is 0.691. The second kappa shape index (κ2) is 6.73. The molecule has 4 rings (SSSR count). The first-order chi connectivity index (χ1) is 11.6. The number of carbonyl (C=O) groups excluding carboxylic acids is 1. The summed E-state index contributed by atoms with van der Waals surface area (Å²) in [4.78, 5) is 16.1. The number of aryl methyl sites for hydroxylation is 1. The van der Waals surface area contributed by atoms with Crippen LogP contribution in [0.3, 0.4) is 0 Å². The summed E-state index contributed by atoms with van der Waals surface area (Å²) in [5.74, 6) is 1.44. The zero-order valence-corrected chi connectivity index (χ0v) is 14.7. The maximum atomic E-state index is 11.3. The topological polar surface area (TPSA) is 65.2 Å². The predicted octanol–water partition coefficient (Wildman–Crippen LogP) is 4.72. The predicted molar refractivity (Wildman–Crippen MR) is 102 cm³/mol. The fourth-order valence-corrected chi connectivity index (χ4v) is 3.23. The van der Waals surface area contributed by atoms with Gasteiger partial charge in [0.2, 0.25) is 0 Å². The van der Waals surface area contributed by atoms with Gasteiger partial charge in [-0.15, -0.1) is 12.4 Å². The maximum Gasteiger partial charge on any atom is 0.159 e. The monoisotopic (exact) mass is 354 g/mol. The minimum absolute atomic E-state index is 0. The SMILES string of the molecule is CC(=O)c1ccc(Oc2ccc3nc4c(c(N)c3c2)CCC4)cc1.Cl. The van der Waals surface area contributed by atoms with E-state index in [-0.39, 0.29) is 18.2 Å². The number of carbonyl (C=O) groups is 1. The average Bonchev–Trinajstić information content (AvgIpc) is 3.05. The molecular formula is C20H19ClN2O2. The van der Waals surface area contributed by atoms with Gasteiger partial charge in [0.25, 0.3) is 0 Å². The summed E-state index contributed by atoms with van der Waals surface area (Å²) in [6, 6.07) is 12.9. The van der Waals surface area contributed by atoms with E-state index in [0.717, 1.165) is 41.5 Å². The number of ketones is 1. The zero-order valence-electron chi connectivity index (χ0n) is 13.9. The van der Waals surface area contributed by atoms with Crippen molar-refractivity contribution in [1.29, 1.82) is 0 Å². The van der Waals surface area contributed by atoms with Crippen LogP contribution in [0.25, 0.3) is 10.9 Å². The summed E-state index contributed by atoms with van der Waals surface area (Å²) in [7, 11) is 0. The van der Waals surface area contributed by atoms with Crippen LogP contribution < -0.4 is 10.5 Å². The fourth-order valence-electron chi connectivity index (χ4n) is 3.23. The number of fused-ring (bicyclic) bond motifs is 2. The van der Waals surface area contributed by atoms with E-state index in [9.17, 15) is 4.79 Å². The molecule has 0 amide bonds. The molecule has 128 valence electrons. The highest BCUT2D eigenvalue weighted by Gasteiger charge is 2.18. The van der Waals surface area contributed by atoms with E-state index in [2.05, 4.69) is 0 Å². The van der Waals surface area contributed by atoms with E-state index in [0.29, 0.717) is 17.1 Å². The van der Waals surface area contributed by atoms with Crippen LogP contribution >= 0.6 is 12.4 Å². The molecule has 1 aromatic heterocycles. The first-order valence-corrected chi connectivity index (χ1v) is 8.11. The molecule has 1 heterocycles. The lowest BCUT2D eigenvalue weighted by molar-refractivity contribution is 0.101. The van der Waals surface area contributed by atoms with E-state index >= 15 is 0 Å². The normalized spacial score (nSPS) is 12.5. The molecule has 0 radical (unpaired) electrons. The zero-order chi connectivity index (χ0) is 16.7. The maximum absolute atomic E-state index is 11.3. The number of hydrogen-bond donors (Lipinski definition) is 1. The molecule has 0 aliphatic heterocycles. The lowest BCUT2D eigenvalue weighted by Crippen LogP contribution is -1.98. The Hall–Kier alpha value is -2.59. The van der Waals surface area contributed by atoms with Crippen molar-refractivity contribution in [1.82, 2.24) is 4.98 Å². The van der Waals surface area contributed by atoms with Crippen molar-refractivity contribution in [2.75, 3.05) is 5.73 Å². The van der Waals surface area contributed by atoms with Gasteiger partial charge in [-0.05, 0) is 74.2 Å². The van der Waals surface area contributed by atoms with Crippen molar-refractivity contribution in [3.63, 3.8) is 0 Å². The van der Waals surface area contributed by atoms with Crippen molar-refractivity contribution in [3.8, 4) is 11.5 Å². The Kier molecular flexibility index (Phi) is 4.64. The molecule has 0 unspecified atom stereocenters. The summed E-state index contributed by atoms with van der Waals surface area (Å²) >= 11 is 0. The van der Waals surface area contributed by atoms with Gasteiger partial charge in [0.15, 0.2) is 5.78 Å². The van der Waals surface area contributed by atoms with Crippen LogP contribution in [0.15, 0.2) is 42.5 Å². The number of Topliss-reactive ketones (excluding diaryl/α,β-unsaturated/α-hetero) is 1. The number of nitrogens with zero attached hydrogens (tertiary/aromatic N) is 1. The van der Waals surface area contributed by atoms with E-state index in [4.69, 9.17) is 15.5 Å². The largest absolute Gasteiger partial charge is 0.457 e. The van der Waals surface area contributed by atoms with Gasteiger partial charge >= 0.3 is 0 Å². The Morgan fingerprint density at radius 3 is 2.52 bits per heavy atom. The van der Waals surface area contributed by atoms with E-state index in [1.165, 1.54) is 5.56 Å². The van der Waals surface area contributed by atoms with Gasteiger partial charge in [0.1, 0.15) is 11.5 Å². The average molecular weight is 355 g/mol. The molecule has 0 fully saturated rings. The van der Waals surface area contributed by atoms with Crippen molar-refractivity contribution in [2.45, 2.75) is 26.2 Å². The number of ether oxygens (including phenoxy) is 1. The first-order valence-electron chi connectivity index (χ1n) is 8.11. The molecule has 1 aliphatic carbocycles. The lowest BCUT2D eigenvalue weighted by Gasteiger charge is -2.11. The Morgan fingerprint density at radius 1 is 1.08 bits per heavy atom. The highest BCUT2D eigenvalue weighted by atomic mass is 35.5. The second-order valence-electron chi connectivity index (χ2n) is 6.17. The van der Waals surface area contributed by atoms with Crippen LogP contribution in [-0.2, 0) is 12.8 Å². The Labute approximate surface area is 152 Å². The summed E-state index contributed by atoms with van der Waals surface area (Å²) in [5, 5.41) is 0.938. The number of benzene rings is 2. The highest BCUT2D eigenvalue weighted by Crippen LogP contribution is 2.34. The Balaban J connectivity index is 0.00000182. The molecule has 25 heavy (non-hydrogen) atoms.